The highest BCUT2D eigenvalue weighted by Crippen LogP contribution is 2.30. The maximum Gasteiger partial charge on any atom is 0.221 e. The van der Waals surface area contributed by atoms with E-state index in [1.807, 2.05) is 36.4 Å². The molecule has 0 aliphatic carbocycles. The lowest BCUT2D eigenvalue weighted by atomic mass is 10.0. The first-order chi connectivity index (χ1) is 10.5. The molecule has 0 unspecified atom stereocenters. The van der Waals surface area contributed by atoms with E-state index in [-0.39, 0.29) is 11.8 Å². The first-order valence-corrected chi connectivity index (χ1v) is 6.83. The van der Waals surface area contributed by atoms with E-state index < -0.39 is 0 Å². The van der Waals surface area contributed by atoms with Crippen LogP contribution in [0.15, 0.2) is 42.5 Å². The van der Waals surface area contributed by atoms with E-state index in [4.69, 9.17) is 4.74 Å². The van der Waals surface area contributed by atoms with Crippen molar-refractivity contribution < 1.29 is 14.3 Å². The molecular weight excluding hydrogens is 280 g/mol. The lowest BCUT2D eigenvalue weighted by molar-refractivity contribution is -0.115. The molecule has 22 heavy (non-hydrogen) atoms. The number of methoxy groups -OCH3 is 1. The summed E-state index contributed by atoms with van der Waals surface area (Å²) in [4.78, 5) is 22.6. The van der Waals surface area contributed by atoms with Gasteiger partial charge in [-0.25, -0.2) is 0 Å². The number of carbonyl (C=O) groups is 2. The highest BCUT2D eigenvalue weighted by molar-refractivity contribution is 5.99. The normalized spacial score (nSPS) is 9.95. The molecule has 0 saturated carbocycles. The van der Waals surface area contributed by atoms with Crippen LogP contribution in [0, 0.1) is 0 Å². The summed E-state index contributed by atoms with van der Waals surface area (Å²) < 4.78 is 5.22. The number of amides is 2. The number of hydrogen-bond donors (Lipinski definition) is 2. The maximum atomic E-state index is 11.4. The van der Waals surface area contributed by atoms with Crippen LogP contribution in [0.5, 0.6) is 5.75 Å². The minimum absolute atomic E-state index is 0.194. The van der Waals surface area contributed by atoms with Gasteiger partial charge in [-0.05, 0) is 35.4 Å². The quantitative estimate of drug-likeness (QED) is 0.910. The summed E-state index contributed by atoms with van der Waals surface area (Å²) in [6.45, 7) is 2.85. The third kappa shape index (κ3) is 3.85. The largest absolute Gasteiger partial charge is 0.497 e. The maximum absolute atomic E-state index is 11.4. The van der Waals surface area contributed by atoms with Crippen molar-refractivity contribution in [3.8, 4) is 16.9 Å². The molecule has 0 fully saturated rings. The fourth-order valence-electron chi connectivity index (χ4n) is 2.12. The van der Waals surface area contributed by atoms with E-state index >= 15 is 0 Å². The van der Waals surface area contributed by atoms with Crippen molar-refractivity contribution in [1.82, 2.24) is 0 Å². The van der Waals surface area contributed by atoms with Crippen molar-refractivity contribution in [3.63, 3.8) is 0 Å². The van der Waals surface area contributed by atoms with E-state index in [0.717, 1.165) is 16.9 Å². The first kappa shape index (κ1) is 15.6. The molecule has 2 N–H and O–H groups in total. The lowest BCUT2D eigenvalue weighted by Gasteiger charge is -2.13. The summed E-state index contributed by atoms with van der Waals surface area (Å²) in [7, 11) is 1.61. The van der Waals surface area contributed by atoms with Gasteiger partial charge < -0.3 is 15.4 Å². The summed E-state index contributed by atoms with van der Waals surface area (Å²) >= 11 is 0. The summed E-state index contributed by atoms with van der Waals surface area (Å²) in [6, 6.07) is 13.1. The third-order valence-corrected chi connectivity index (χ3v) is 3.04. The van der Waals surface area contributed by atoms with Gasteiger partial charge in [0.05, 0.1) is 18.5 Å². The summed E-state index contributed by atoms with van der Waals surface area (Å²) in [5.74, 6) is 0.361. The molecule has 5 nitrogen and oxygen atoms in total. The average Bonchev–Trinajstić information content (AvgIpc) is 2.48. The van der Waals surface area contributed by atoms with E-state index in [1.54, 1.807) is 13.2 Å². The molecule has 5 heteroatoms. The average molecular weight is 298 g/mol. The van der Waals surface area contributed by atoms with Crippen molar-refractivity contribution in [3.05, 3.63) is 42.5 Å². The van der Waals surface area contributed by atoms with Crippen LogP contribution in [0.2, 0.25) is 0 Å². The number of carbonyl (C=O) groups excluding carboxylic acids is 2. The molecule has 2 rings (SSSR count). The van der Waals surface area contributed by atoms with Crippen LogP contribution in [-0.4, -0.2) is 18.9 Å². The molecular formula is C17H18N2O3. The molecule has 0 aliphatic rings. The zero-order valence-corrected chi connectivity index (χ0v) is 12.8. The number of benzene rings is 2. The second-order valence-corrected chi connectivity index (χ2v) is 4.85. The summed E-state index contributed by atoms with van der Waals surface area (Å²) in [5, 5.41) is 5.43. The van der Waals surface area contributed by atoms with Crippen molar-refractivity contribution in [2.24, 2.45) is 0 Å². The molecule has 0 radical (unpaired) electrons. The van der Waals surface area contributed by atoms with Crippen LogP contribution in [0.4, 0.5) is 11.4 Å². The fourth-order valence-corrected chi connectivity index (χ4v) is 2.12. The monoisotopic (exact) mass is 298 g/mol. The summed E-state index contributed by atoms with van der Waals surface area (Å²) in [5.41, 5.74) is 2.99. The molecule has 0 saturated heterocycles. The predicted octanol–water partition coefficient (Wildman–Crippen LogP) is 3.28. The second kappa shape index (κ2) is 6.76. The van der Waals surface area contributed by atoms with Crippen LogP contribution >= 0.6 is 0 Å². The number of nitrogens with one attached hydrogen (secondary N) is 2. The molecule has 0 atom stereocenters. The number of ether oxygens (including phenoxy) is 1. The van der Waals surface area contributed by atoms with Gasteiger partial charge in [-0.15, -0.1) is 0 Å². The van der Waals surface area contributed by atoms with Gasteiger partial charge in [-0.3, -0.25) is 9.59 Å². The number of anilines is 2. The Balaban J connectivity index is 2.44. The van der Waals surface area contributed by atoms with Crippen molar-refractivity contribution in [1.29, 1.82) is 0 Å². The Labute approximate surface area is 129 Å². The van der Waals surface area contributed by atoms with Crippen LogP contribution in [0.1, 0.15) is 13.8 Å². The zero-order valence-electron chi connectivity index (χ0n) is 12.8. The third-order valence-electron chi connectivity index (χ3n) is 3.04. The van der Waals surface area contributed by atoms with Gasteiger partial charge >= 0.3 is 0 Å². The predicted molar refractivity (Wildman–Crippen MR) is 87.0 cm³/mol. The van der Waals surface area contributed by atoms with E-state index in [9.17, 15) is 9.59 Å². The van der Waals surface area contributed by atoms with Crippen molar-refractivity contribution in [2.75, 3.05) is 17.7 Å². The lowest BCUT2D eigenvalue weighted by Crippen LogP contribution is -2.12. The molecule has 0 aromatic heterocycles. The molecule has 0 spiro atoms. The van der Waals surface area contributed by atoms with Gasteiger partial charge in [0.1, 0.15) is 5.75 Å². The van der Waals surface area contributed by atoms with Crippen LogP contribution in [0.3, 0.4) is 0 Å². The Hall–Kier alpha value is -2.82. The molecule has 2 amide bonds. The van der Waals surface area contributed by atoms with Crippen molar-refractivity contribution in [2.45, 2.75) is 13.8 Å². The highest BCUT2D eigenvalue weighted by Gasteiger charge is 2.08. The van der Waals surface area contributed by atoms with Gasteiger partial charge in [0, 0.05) is 13.8 Å². The number of hydrogen-bond acceptors (Lipinski definition) is 3. The first-order valence-electron chi connectivity index (χ1n) is 6.83. The Morgan fingerprint density at radius 1 is 0.864 bits per heavy atom. The summed E-state index contributed by atoms with van der Waals surface area (Å²) in [6.07, 6.45) is 0. The second-order valence-electron chi connectivity index (χ2n) is 4.85. The molecule has 0 aliphatic heterocycles. The topological polar surface area (TPSA) is 67.4 Å². The number of rotatable bonds is 4. The minimum Gasteiger partial charge on any atom is -0.497 e. The SMILES string of the molecule is COc1cccc(-c2ccc(NC(C)=O)c(NC(C)=O)c2)c1. The van der Waals surface area contributed by atoms with Gasteiger partial charge in [0.15, 0.2) is 0 Å². The van der Waals surface area contributed by atoms with Crippen LogP contribution < -0.4 is 15.4 Å². The fraction of sp³-hybridized carbons (Fsp3) is 0.176. The smallest absolute Gasteiger partial charge is 0.221 e. The van der Waals surface area contributed by atoms with Gasteiger partial charge in [-0.2, -0.15) is 0 Å². The van der Waals surface area contributed by atoms with E-state index in [1.165, 1.54) is 13.8 Å². The van der Waals surface area contributed by atoms with E-state index in [2.05, 4.69) is 10.6 Å². The standard InChI is InChI=1S/C17H18N2O3/c1-11(20)18-16-8-7-14(10-17(16)19-12(2)21)13-5-4-6-15(9-13)22-3/h4-10H,1-3H3,(H,18,20)(H,19,21). The van der Waals surface area contributed by atoms with Gasteiger partial charge in [-0.1, -0.05) is 18.2 Å². The molecule has 2 aromatic rings. The van der Waals surface area contributed by atoms with Crippen molar-refractivity contribution >= 4 is 23.2 Å². The molecule has 0 bridgehead atoms. The van der Waals surface area contributed by atoms with Gasteiger partial charge in [0.2, 0.25) is 11.8 Å². The van der Waals surface area contributed by atoms with Gasteiger partial charge in [0.25, 0.3) is 0 Å². The van der Waals surface area contributed by atoms with E-state index in [0.29, 0.717) is 11.4 Å². The molecule has 2 aromatic carbocycles. The van der Waals surface area contributed by atoms with Crippen LogP contribution in [0.25, 0.3) is 11.1 Å². The zero-order chi connectivity index (χ0) is 16.1. The highest BCUT2D eigenvalue weighted by atomic mass is 16.5. The Morgan fingerprint density at radius 2 is 1.50 bits per heavy atom. The Morgan fingerprint density at radius 3 is 2.14 bits per heavy atom. The Bertz CT molecular complexity index is 711. The Kier molecular flexibility index (Phi) is 4.78. The molecule has 0 heterocycles. The molecule has 114 valence electrons. The van der Waals surface area contributed by atoms with Crippen LogP contribution in [-0.2, 0) is 9.59 Å². The minimum atomic E-state index is -0.200.